The molecule has 7 rings (SSSR count). The van der Waals surface area contributed by atoms with Gasteiger partial charge in [0.05, 0.1) is 11.2 Å². The summed E-state index contributed by atoms with van der Waals surface area (Å²) >= 11 is 0. The summed E-state index contributed by atoms with van der Waals surface area (Å²) in [6, 6.07) is 43.1. The Hall–Kier alpha value is -4.56. The van der Waals surface area contributed by atoms with Crippen LogP contribution in [0.2, 0.25) is 0 Å². The highest BCUT2D eigenvalue weighted by atomic mass is 14.9. The Balaban J connectivity index is 1.52. The van der Waals surface area contributed by atoms with Crippen molar-refractivity contribution >= 4 is 10.9 Å². The fourth-order valence-corrected chi connectivity index (χ4v) is 6.33. The second-order valence-electron chi connectivity index (χ2n) is 11.9. The normalized spacial score (nSPS) is 14.9. The van der Waals surface area contributed by atoms with Gasteiger partial charge in [-0.3, -0.25) is 0 Å². The van der Waals surface area contributed by atoms with Crippen LogP contribution in [-0.2, 0) is 10.8 Å². The van der Waals surface area contributed by atoms with Crippen LogP contribution in [-0.4, -0.2) is 9.97 Å². The zero-order valence-corrected chi connectivity index (χ0v) is 23.4. The standard InChI is InChI=1S/C38H32N2/c1-37(2)31-20-13-19-30(36-39-33-21-12-11-18-29(33)35(40-36)26-16-9-6-10-17-26)34(31)28-23-22-27(24-32(28)38(37,3)4)25-14-7-5-8-15-25/h5-24H,1-4H3. The highest BCUT2D eigenvalue weighted by Gasteiger charge is 2.46. The molecule has 0 atom stereocenters. The number of fused-ring (bicyclic) bond motifs is 4. The summed E-state index contributed by atoms with van der Waals surface area (Å²) in [5.74, 6) is 0.767. The van der Waals surface area contributed by atoms with Gasteiger partial charge in [0.15, 0.2) is 5.82 Å². The average molecular weight is 517 g/mol. The summed E-state index contributed by atoms with van der Waals surface area (Å²) in [4.78, 5) is 10.4. The van der Waals surface area contributed by atoms with Gasteiger partial charge in [-0.05, 0) is 56.3 Å². The number of hydrogen-bond acceptors (Lipinski definition) is 2. The Morgan fingerprint density at radius 1 is 0.475 bits per heavy atom. The molecule has 0 bridgehead atoms. The van der Waals surface area contributed by atoms with E-state index in [1.54, 1.807) is 0 Å². The Morgan fingerprint density at radius 2 is 1.12 bits per heavy atom. The molecule has 0 saturated carbocycles. The molecule has 0 N–H and O–H groups in total. The van der Waals surface area contributed by atoms with Crippen molar-refractivity contribution in [2.75, 3.05) is 0 Å². The van der Waals surface area contributed by atoms with Gasteiger partial charge in [-0.15, -0.1) is 0 Å². The number of nitrogens with zero attached hydrogens (tertiary/aromatic N) is 2. The molecular weight excluding hydrogens is 484 g/mol. The fraction of sp³-hybridized carbons (Fsp3) is 0.158. The molecule has 0 amide bonds. The van der Waals surface area contributed by atoms with Crippen LogP contribution >= 0.6 is 0 Å². The lowest BCUT2D eigenvalue weighted by atomic mass is 9.55. The largest absolute Gasteiger partial charge is 0.228 e. The predicted molar refractivity (Wildman–Crippen MR) is 167 cm³/mol. The van der Waals surface area contributed by atoms with E-state index in [1.165, 1.54) is 33.4 Å². The smallest absolute Gasteiger partial charge is 0.161 e. The average Bonchev–Trinajstić information content (AvgIpc) is 3.00. The lowest BCUT2D eigenvalue weighted by Crippen LogP contribution is -2.43. The fourth-order valence-electron chi connectivity index (χ4n) is 6.33. The first-order valence-corrected chi connectivity index (χ1v) is 14.0. The molecule has 1 aliphatic rings. The van der Waals surface area contributed by atoms with Crippen molar-refractivity contribution in [2.24, 2.45) is 0 Å². The van der Waals surface area contributed by atoms with E-state index in [0.29, 0.717) is 0 Å². The minimum atomic E-state index is -0.111. The van der Waals surface area contributed by atoms with Crippen molar-refractivity contribution in [3.63, 3.8) is 0 Å². The summed E-state index contributed by atoms with van der Waals surface area (Å²) in [5.41, 5.74) is 11.6. The number of aromatic nitrogens is 2. The van der Waals surface area contributed by atoms with Gasteiger partial charge >= 0.3 is 0 Å². The van der Waals surface area contributed by atoms with Crippen LogP contribution in [0.5, 0.6) is 0 Å². The van der Waals surface area contributed by atoms with Crippen molar-refractivity contribution in [3.05, 3.63) is 132 Å². The molecule has 0 saturated heterocycles. The van der Waals surface area contributed by atoms with E-state index in [2.05, 4.69) is 143 Å². The topological polar surface area (TPSA) is 25.8 Å². The third kappa shape index (κ3) is 3.63. The molecule has 6 aromatic rings. The predicted octanol–water partition coefficient (Wildman–Crippen LogP) is 9.87. The zero-order chi connectivity index (χ0) is 27.5. The third-order valence-corrected chi connectivity index (χ3v) is 9.26. The zero-order valence-electron chi connectivity index (χ0n) is 23.4. The van der Waals surface area contributed by atoms with E-state index in [1.807, 2.05) is 6.07 Å². The molecule has 5 aromatic carbocycles. The van der Waals surface area contributed by atoms with E-state index in [4.69, 9.17) is 9.97 Å². The van der Waals surface area contributed by atoms with Crippen LogP contribution in [0.15, 0.2) is 121 Å². The molecule has 1 heterocycles. The highest BCUT2D eigenvalue weighted by molar-refractivity contribution is 5.96. The van der Waals surface area contributed by atoms with E-state index in [9.17, 15) is 0 Å². The van der Waals surface area contributed by atoms with Gasteiger partial charge in [0, 0.05) is 16.5 Å². The number of benzene rings is 5. The van der Waals surface area contributed by atoms with Crippen molar-refractivity contribution in [3.8, 4) is 44.9 Å². The van der Waals surface area contributed by atoms with Crippen molar-refractivity contribution < 1.29 is 0 Å². The van der Waals surface area contributed by atoms with Crippen LogP contribution in [0.3, 0.4) is 0 Å². The van der Waals surface area contributed by atoms with Gasteiger partial charge in [-0.25, -0.2) is 9.97 Å². The van der Waals surface area contributed by atoms with Crippen LogP contribution < -0.4 is 0 Å². The summed E-state index contributed by atoms with van der Waals surface area (Å²) in [5, 5.41) is 1.07. The first-order chi connectivity index (χ1) is 19.4. The van der Waals surface area contributed by atoms with E-state index in [-0.39, 0.29) is 10.8 Å². The maximum Gasteiger partial charge on any atom is 0.161 e. The van der Waals surface area contributed by atoms with Gasteiger partial charge in [0.1, 0.15) is 0 Å². The Kier molecular flexibility index (Phi) is 5.50. The monoisotopic (exact) mass is 516 g/mol. The molecule has 1 aromatic heterocycles. The van der Waals surface area contributed by atoms with Crippen LogP contribution in [0, 0.1) is 0 Å². The molecule has 0 unspecified atom stereocenters. The molecule has 40 heavy (non-hydrogen) atoms. The number of rotatable bonds is 3. The molecular formula is C38H32N2. The lowest BCUT2D eigenvalue weighted by Gasteiger charge is -2.49. The maximum absolute atomic E-state index is 5.26. The van der Waals surface area contributed by atoms with Gasteiger partial charge < -0.3 is 0 Å². The second-order valence-corrected chi connectivity index (χ2v) is 11.9. The molecule has 0 aliphatic heterocycles. The molecule has 2 nitrogen and oxygen atoms in total. The van der Waals surface area contributed by atoms with E-state index in [0.717, 1.165) is 33.5 Å². The van der Waals surface area contributed by atoms with Gasteiger partial charge in [0.25, 0.3) is 0 Å². The lowest BCUT2D eigenvalue weighted by molar-refractivity contribution is 0.299. The Labute approximate surface area is 236 Å². The summed E-state index contributed by atoms with van der Waals surface area (Å²) in [6.45, 7) is 9.53. The molecule has 0 radical (unpaired) electrons. The molecule has 0 fully saturated rings. The second kappa shape index (κ2) is 8.99. The summed E-state index contributed by atoms with van der Waals surface area (Å²) < 4.78 is 0. The van der Waals surface area contributed by atoms with E-state index >= 15 is 0 Å². The van der Waals surface area contributed by atoms with Gasteiger partial charge in [-0.1, -0.05) is 137 Å². The van der Waals surface area contributed by atoms with Gasteiger partial charge in [-0.2, -0.15) is 0 Å². The van der Waals surface area contributed by atoms with Crippen LogP contribution in [0.25, 0.3) is 55.8 Å². The quantitative estimate of drug-likeness (QED) is 0.234. The highest BCUT2D eigenvalue weighted by Crippen LogP contribution is 2.56. The van der Waals surface area contributed by atoms with Crippen molar-refractivity contribution in [1.29, 1.82) is 0 Å². The minimum absolute atomic E-state index is 0.0851. The van der Waals surface area contributed by atoms with E-state index < -0.39 is 0 Å². The Bertz CT molecular complexity index is 1880. The SMILES string of the molecule is CC1(C)c2cc(-c3ccccc3)ccc2-c2c(-c3nc(-c4ccccc4)c4ccccc4n3)cccc2C1(C)C. The molecule has 1 aliphatic carbocycles. The number of para-hydroxylation sites is 1. The maximum atomic E-state index is 5.26. The first-order valence-electron chi connectivity index (χ1n) is 14.0. The van der Waals surface area contributed by atoms with Crippen molar-refractivity contribution in [1.82, 2.24) is 9.97 Å². The summed E-state index contributed by atoms with van der Waals surface area (Å²) in [6.07, 6.45) is 0. The molecule has 194 valence electrons. The Morgan fingerprint density at radius 3 is 1.88 bits per heavy atom. The number of hydrogen-bond donors (Lipinski definition) is 0. The summed E-state index contributed by atoms with van der Waals surface area (Å²) in [7, 11) is 0. The van der Waals surface area contributed by atoms with Crippen LogP contribution in [0.1, 0.15) is 38.8 Å². The first kappa shape index (κ1) is 24.5. The molecule has 2 heteroatoms. The van der Waals surface area contributed by atoms with Crippen molar-refractivity contribution in [2.45, 2.75) is 38.5 Å². The van der Waals surface area contributed by atoms with Gasteiger partial charge in [0.2, 0.25) is 0 Å². The van der Waals surface area contributed by atoms with Crippen LogP contribution in [0.4, 0.5) is 0 Å². The molecule has 0 spiro atoms. The minimum Gasteiger partial charge on any atom is -0.228 e. The third-order valence-electron chi connectivity index (χ3n) is 9.26.